The first-order valence-corrected chi connectivity index (χ1v) is 5.71. The molecule has 0 spiro atoms. The van der Waals surface area contributed by atoms with Gasteiger partial charge < -0.3 is 14.9 Å². The first-order chi connectivity index (χ1) is 7.33. The summed E-state index contributed by atoms with van der Waals surface area (Å²) in [6.45, 7) is -0.584. The molecule has 0 atom stereocenters. The van der Waals surface area contributed by atoms with E-state index in [9.17, 15) is 14.2 Å². The molecular weight excluding hydrogens is 239 g/mol. The Morgan fingerprint density at radius 3 is 2.56 bits per heavy atom. The van der Waals surface area contributed by atoms with Crippen LogP contribution in [-0.2, 0) is 11.2 Å². The maximum absolute atomic E-state index is 11.1. The van der Waals surface area contributed by atoms with Crippen molar-refractivity contribution in [2.24, 2.45) is 0 Å². The summed E-state index contributed by atoms with van der Waals surface area (Å²) in [6, 6.07) is 0. The Bertz CT molecular complexity index is 565. The fourth-order valence-corrected chi connectivity index (χ4v) is 1.23. The van der Waals surface area contributed by atoms with E-state index >= 15 is 0 Å². The fraction of sp³-hybridized carbons (Fsp3) is 0.143. The summed E-state index contributed by atoms with van der Waals surface area (Å²) in [6.07, 6.45) is 1.81. The number of H-pyrrole nitrogens is 1. The van der Waals surface area contributed by atoms with E-state index in [-0.39, 0.29) is 5.56 Å². The third-order valence-corrected chi connectivity index (χ3v) is 2.16. The van der Waals surface area contributed by atoms with Gasteiger partial charge >= 0.3 is 13.3 Å². The second-order valence-corrected chi connectivity index (χ2v) is 4.34. The molecule has 8 nitrogen and oxygen atoms in total. The Kier molecular flexibility index (Phi) is 3.61. The van der Waals surface area contributed by atoms with Crippen molar-refractivity contribution < 1.29 is 19.5 Å². The van der Waals surface area contributed by atoms with Crippen LogP contribution in [0.1, 0.15) is 5.56 Å². The number of aromatic nitrogens is 2. The molecule has 88 valence electrons. The van der Waals surface area contributed by atoms with Crippen molar-refractivity contribution in [3.05, 3.63) is 38.4 Å². The average molecular weight is 248 g/mol. The van der Waals surface area contributed by atoms with E-state index in [2.05, 4.69) is 0 Å². The number of hydrogen-bond donors (Lipinski definition) is 4. The van der Waals surface area contributed by atoms with Crippen LogP contribution in [0.3, 0.4) is 0 Å². The summed E-state index contributed by atoms with van der Waals surface area (Å²) in [5.41, 5.74) is -1.69. The van der Waals surface area contributed by atoms with Crippen LogP contribution in [0.25, 0.3) is 6.20 Å². The number of aliphatic hydroxyl groups is 1. The molecule has 0 radical (unpaired) electrons. The van der Waals surface area contributed by atoms with Gasteiger partial charge in [0.15, 0.2) is 0 Å². The number of nitrogens with one attached hydrogen (secondary N) is 1. The SMILES string of the molecule is O=c1[nH]c(=O)n(/C=C/P(=O)(O)O)cc1CO. The minimum atomic E-state index is -4.38. The minimum Gasteiger partial charge on any atom is -0.391 e. The smallest absolute Gasteiger partial charge is 0.350 e. The lowest BCUT2D eigenvalue weighted by Gasteiger charge is -2.00. The Hall–Kier alpha value is -1.47. The van der Waals surface area contributed by atoms with Gasteiger partial charge in [-0.1, -0.05) is 0 Å². The average Bonchev–Trinajstić information content (AvgIpc) is 2.15. The van der Waals surface area contributed by atoms with Crippen LogP contribution >= 0.6 is 7.60 Å². The van der Waals surface area contributed by atoms with Crippen molar-refractivity contribution in [1.82, 2.24) is 9.55 Å². The molecule has 1 aromatic rings. The van der Waals surface area contributed by atoms with Crippen molar-refractivity contribution in [1.29, 1.82) is 0 Å². The van der Waals surface area contributed by atoms with Gasteiger partial charge in [-0.2, -0.15) is 0 Å². The first kappa shape index (κ1) is 12.6. The van der Waals surface area contributed by atoms with Crippen molar-refractivity contribution >= 4 is 13.8 Å². The summed E-state index contributed by atoms with van der Waals surface area (Å²) >= 11 is 0. The largest absolute Gasteiger partial charge is 0.391 e. The lowest BCUT2D eigenvalue weighted by molar-refractivity contribution is 0.279. The van der Waals surface area contributed by atoms with E-state index < -0.39 is 25.5 Å². The molecule has 4 N–H and O–H groups in total. The first-order valence-electron chi connectivity index (χ1n) is 4.03. The number of aliphatic hydroxyl groups excluding tert-OH is 1. The number of rotatable bonds is 3. The van der Waals surface area contributed by atoms with E-state index in [1.807, 2.05) is 4.98 Å². The van der Waals surface area contributed by atoms with Gasteiger partial charge in [-0.15, -0.1) is 0 Å². The van der Waals surface area contributed by atoms with E-state index in [1.165, 1.54) is 0 Å². The topological polar surface area (TPSA) is 133 Å². The molecule has 0 saturated heterocycles. The quantitative estimate of drug-likeness (QED) is 0.488. The molecule has 1 aromatic heterocycles. The molecule has 0 aromatic carbocycles. The predicted molar refractivity (Wildman–Crippen MR) is 54.6 cm³/mol. The van der Waals surface area contributed by atoms with Gasteiger partial charge in [-0.05, 0) is 0 Å². The summed E-state index contributed by atoms with van der Waals surface area (Å²) in [4.78, 5) is 41.1. The highest BCUT2D eigenvalue weighted by Gasteiger charge is 2.07. The Labute approximate surface area is 88.7 Å². The fourth-order valence-electron chi connectivity index (χ4n) is 0.909. The van der Waals surface area contributed by atoms with E-state index in [4.69, 9.17) is 14.9 Å². The second kappa shape index (κ2) is 4.58. The molecule has 1 rings (SSSR count). The van der Waals surface area contributed by atoms with Crippen LogP contribution < -0.4 is 11.2 Å². The van der Waals surface area contributed by atoms with Crippen LogP contribution in [0.4, 0.5) is 0 Å². The van der Waals surface area contributed by atoms with Crippen LogP contribution in [0.5, 0.6) is 0 Å². The summed E-state index contributed by atoms with van der Waals surface area (Å²) in [5.74, 6) is 0.508. The normalized spacial score (nSPS) is 12.2. The number of aromatic amines is 1. The zero-order valence-corrected chi connectivity index (χ0v) is 8.79. The van der Waals surface area contributed by atoms with Crippen LogP contribution in [0.2, 0.25) is 0 Å². The molecule has 0 amide bonds. The summed E-state index contributed by atoms with van der Waals surface area (Å²) in [7, 11) is -4.38. The second-order valence-electron chi connectivity index (χ2n) is 2.87. The standard InChI is InChI=1S/C7H9N2O6P/c10-4-5-3-9(1-2-16(13,14)15)7(12)8-6(5)11/h1-3,10H,4H2,(H,8,11,12)(H2,13,14,15)/b2-1+. The van der Waals surface area contributed by atoms with Gasteiger partial charge in [-0.3, -0.25) is 18.9 Å². The molecule has 0 aliphatic heterocycles. The summed E-state index contributed by atoms with van der Waals surface area (Å²) in [5, 5.41) is 8.75. The monoisotopic (exact) mass is 248 g/mol. The van der Waals surface area contributed by atoms with Crippen molar-refractivity contribution in [2.45, 2.75) is 6.61 Å². The minimum absolute atomic E-state index is 0.0880. The van der Waals surface area contributed by atoms with Gasteiger partial charge in [0, 0.05) is 18.2 Å². The molecule has 1 heterocycles. The van der Waals surface area contributed by atoms with E-state index in [1.54, 1.807) is 0 Å². The van der Waals surface area contributed by atoms with E-state index in [0.717, 1.165) is 17.0 Å². The maximum atomic E-state index is 11.1. The van der Waals surface area contributed by atoms with E-state index in [0.29, 0.717) is 5.82 Å². The molecule has 0 aliphatic rings. The zero-order chi connectivity index (χ0) is 12.3. The van der Waals surface area contributed by atoms with Gasteiger partial charge in [0.1, 0.15) is 0 Å². The Balaban J connectivity index is 3.26. The van der Waals surface area contributed by atoms with Crippen LogP contribution in [0.15, 0.2) is 21.6 Å². The predicted octanol–water partition coefficient (Wildman–Crippen LogP) is -1.37. The van der Waals surface area contributed by atoms with Gasteiger partial charge in [0.2, 0.25) is 0 Å². The molecule has 9 heteroatoms. The van der Waals surface area contributed by atoms with Gasteiger partial charge in [-0.25, -0.2) is 4.79 Å². The molecular formula is C7H9N2O6P. The van der Waals surface area contributed by atoms with Crippen molar-refractivity contribution in [3.63, 3.8) is 0 Å². The highest BCUT2D eigenvalue weighted by molar-refractivity contribution is 7.55. The molecule has 0 fully saturated rings. The number of hydrogen-bond acceptors (Lipinski definition) is 4. The Morgan fingerprint density at radius 1 is 1.44 bits per heavy atom. The van der Waals surface area contributed by atoms with Crippen molar-refractivity contribution in [3.8, 4) is 0 Å². The van der Waals surface area contributed by atoms with Gasteiger partial charge in [0.05, 0.1) is 12.2 Å². The maximum Gasteiger partial charge on any atom is 0.350 e. The Morgan fingerprint density at radius 2 is 2.06 bits per heavy atom. The molecule has 0 aliphatic carbocycles. The molecule has 0 unspecified atom stereocenters. The van der Waals surface area contributed by atoms with Crippen LogP contribution in [0, 0.1) is 0 Å². The lowest BCUT2D eigenvalue weighted by Crippen LogP contribution is -2.29. The molecule has 0 bridgehead atoms. The summed E-state index contributed by atoms with van der Waals surface area (Å²) < 4.78 is 11.3. The third-order valence-electron chi connectivity index (χ3n) is 1.63. The third kappa shape index (κ3) is 3.28. The lowest BCUT2D eigenvalue weighted by atomic mass is 10.3. The van der Waals surface area contributed by atoms with Crippen LogP contribution in [-0.4, -0.2) is 24.4 Å². The zero-order valence-electron chi connectivity index (χ0n) is 7.90. The molecule has 0 saturated carbocycles. The van der Waals surface area contributed by atoms with Crippen molar-refractivity contribution in [2.75, 3.05) is 0 Å². The highest BCUT2D eigenvalue weighted by atomic mass is 31.2. The number of nitrogens with zero attached hydrogens (tertiary/aromatic N) is 1. The molecule has 16 heavy (non-hydrogen) atoms. The highest BCUT2D eigenvalue weighted by Crippen LogP contribution is 2.35. The van der Waals surface area contributed by atoms with Gasteiger partial charge in [0.25, 0.3) is 5.56 Å².